The van der Waals surface area contributed by atoms with E-state index in [1.165, 1.54) is 6.92 Å². The quantitative estimate of drug-likeness (QED) is 0.341. The third kappa shape index (κ3) is 10.7. The van der Waals surface area contributed by atoms with Crippen LogP contribution in [-0.2, 0) is 31.7 Å². The first-order valence-electron chi connectivity index (χ1n) is 8.49. The van der Waals surface area contributed by atoms with Gasteiger partial charge < -0.3 is 23.2 Å². The minimum absolute atomic E-state index is 0.644. The lowest BCUT2D eigenvalue weighted by molar-refractivity contribution is -0.671. The van der Waals surface area contributed by atoms with Gasteiger partial charge in [0.2, 0.25) is 6.33 Å². The second-order valence-electron chi connectivity index (χ2n) is 5.06. The molecule has 0 bridgehead atoms. The van der Waals surface area contributed by atoms with E-state index in [-0.39, 0.29) is 0 Å². The number of nitrogens with zero attached hydrogens (tertiary/aromatic N) is 2. The first-order chi connectivity index (χ1) is 11.9. The van der Waals surface area contributed by atoms with E-state index in [0.717, 1.165) is 19.0 Å². The summed E-state index contributed by atoms with van der Waals surface area (Å²) in [4.78, 5) is 9.31. The third-order valence-electron chi connectivity index (χ3n) is 3.04. The highest BCUT2D eigenvalue weighted by molar-refractivity contribution is 6.60. The zero-order valence-corrected chi connectivity index (χ0v) is 16.9. The van der Waals surface area contributed by atoms with Gasteiger partial charge in [-0.1, -0.05) is 5.92 Å². The van der Waals surface area contributed by atoms with Crippen molar-refractivity contribution in [1.82, 2.24) is 4.57 Å². The second-order valence-corrected chi connectivity index (χ2v) is 7.80. The van der Waals surface area contributed by atoms with E-state index in [0.29, 0.717) is 19.8 Å². The van der Waals surface area contributed by atoms with Gasteiger partial charge in [-0.15, -0.1) is 5.92 Å². The number of rotatable bonds is 10. The molecule has 0 saturated carbocycles. The van der Waals surface area contributed by atoms with E-state index in [2.05, 4.69) is 23.0 Å². The molecule has 1 aromatic rings. The Morgan fingerprint density at radius 1 is 1.20 bits per heavy atom. The number of aryl methyl sites for hydroxylation is 2. The highest BCUT2D eigenvalue weighted by Gasteiger charge is 2.39. The fraction of sp³-hybridized carbons (Fsp3) is 0.647. The predicted octanol–water partition coefficient (Wildman–Crippen LogP) is 0.511. The Labute approximate surface area is 151 Å². The van der Waals surface area contributed by atoms with Crippen LogP contribution >= 0.6 is 0 Å². The molecule has 7 nitrogen and oxygen atoms in total. The maximum atomic E-state index is 9.31. The van der Waals surface area contributed by atoms with Gasteiger partial charge in [-0.2, -0.15) is 0 Å². The molecule has 0 fully saturated rings. The van der Waals surface area contributed by atoms with Crippen molar-refractivity contribution in [2.45, 2.75) is 46.7 Å². The first-order valence-corrected chi connectivity index (χ1v) is 10.4. The largest absolute Gasteiger partial charge is 0.537 e. The van der Waals surface area contributed by atoms with Crippen LogP contribution in [0.2, 0.25) is 6.04 Å². The number of carbonyl (C=O) groups excluding carboxylic acids is 1. The molecule has 1 heterocycles. The maximum absolute atomic E-state index is 9.31. The molecule has 0 aliphatic carbocycles. The van der Waals surface area contributed by atoms with Crippen LogP contribution in [0.4, 0.5) is 0 Å². The number of aromatic nitrogens is 2. The van der Waals surface area contributed by atoms with Gasteiger partial charge in [-0.3, -0.25) is 0 Å². The Morgan fingerprint density at radius 2 is 1.76 bits per heavy atom. The number of carbonyl (C=O) groups is 1. The number of hydrogen-bond donors (Lipinski definition) is 0. The van der Waals surface area contributed by atoms with E-state index in [1.54, 1.807) is 5.92 Å². The zero-order valence-electron chi connectivity index (χ0n) is 15.9. The van der Waals surface area contributed by atoms with Crippen molar-refractivity contribution >= 4 is 14.8 Å². The molecule has 0 N–H and O–H groups in total. The van der Waals surface area contributed by atoms with Crippen LogP contribution in [0.5, 0.6) is 0 Å². The number of carboxylic acid groups (broad SMARTS) is 1. The average Bonchev–Trinajstić information content (AvgIpc) is 2.94. The lowest BCUT2D eigenvalue weighted by Gasteiger charge is -2.28. The summed E-state index contributed by atoms with van der Waals surface area (Å²) in [5.74, 6) is 2.60. The highest BCUT2D eigenvalue weighted by Crippen LogP contribution is 2.18. The SMILES string of the molecule is CC#CC(=O)[O-].CCO[Si](CCCn1cc[n+](C)c1)(OCC)OCC. The number of carboxylic acids is 1. The summed E-state index contributed by atoms with van der Waals surface area (Å²) in [5, 5.41) is 9.31. The summed E-state index contributed by atoms with van der Waals surface area (Å²) in [6, 6.07) is 0.865. The van der Waals surface area contributed by atoms with Gasteiger partial charge in [0.15, 0.2) is 0 Å². The fourth-order valence-electron chi connectivity index (χ4n) is 2.22. The third-order valence-corrected chi connectivity index (χ3v) is 6.19. The van der Waals surface area contributed by atoms with E-state index in [9.17, 15) is 9.90 Å². The molecular formula is C17H30N2O5Si. The van der Waals surface area contributed by atoms with Crippen molar-refractivity contribution in [1.29, 1.82) is 0 Å². The number of hydrogen-bond acceptors (Lipinski definition) is 5. The highest BCUT2D eigenvalue weighted by atomic mass is 28.4. The number of aliphatic carboxylic acids is 1. The molecule has 0 unspecified atom stereocenters. The molecule has 0 aromatic carbocycles. The van der Waals surface area contributed by atoms with Crippen molar-refractivity contribution in [3.8, 4) is 11.8 Å². The Kier molecular flexibility index (Phi) is 12.7. The van der Waals surface area contributed by atoms with Crippen molar-refractivity contribution in [3.05, 3.63) is 18.7 Å². The van der Waals surface area contributed by atoms with Crippen LogP contribution in [0, 0.1) is 11.8 Å². The van der Waals surface area contributed by atoms with Gasteiger partial charge in [0.25, 0.3) is 0 Å². The summed E-state index contributed by atoms with van der Waals surface area (Å²) >= 11 is 0. The summed E-state index contributed by atoms with van der Waals surface area (Å²) in [6.45, 7) is 10.3. The van der Waals surface area contributed by atoms with Crippen LogP contribution in [0.25, 0.3) is 0 Å². The lowest BCUT2D eigenvalue weighted by Crippen LogP contribution is -2.46. The molecule has 1 rings (SSSR count). The Morgan fingerprint density at radius 3 is 2.08 bits per heavy atom. The zero-order chi connectivity index (χ0) is 19.1. The average molecular weight is 371 g/mol. The monoisotopic (exact) mass is 370 g/mol. The molecule has 142 valence electrons. The summed E-state index contributed by atoms with van der Waals surface area (Å²) in [7, 11) is -0.439. The van der Waals surface area contributed by atoms with E-state index in [4.69, 9.17) is 13.3 Å². The van der Waals surface area contributed by atoms with Crippen LogP contribution < -0.4 is 9.67 Å². The first kappa shape index (κ1) is 23.3. The maximum Gasteiger partial charge on any atom is 0.501 e. The van der Waals surface area contributed by atoms with Crippen LogP contribution in [0.3, 0.4) is 0 Å². The van der Waals surface area contributed by atoms with Gasteiger partial charge in [0.05, 0.1) is 13.6 Å². The Hall–Kier alpha value is -1.66. The van der Waals surface area contributed by atoms with Crippen molar-refractivity contribution in [2.24, 2.45) is 7.05 Å². The van der Waals surface area contributed by atoms with E-state index < -0.39 is 14.8 Å². The molecule has 0 saturated heterocycles. The Bertz CT molecular complexity index is 534. The van der Waals surface area contributed by atoms with Crippen LogP contribution in [0.1, 0.15) is 34.1 Å². The Balaban J connectivity index is 0.000000823. The number of imidazole rings is 1. The molecule has 1 aromatic heterocycles. The van der Waals surface area contributed by atoms with Crippen molar-refractivity contribution < 1.29 is 27.7 Å². The van der Waals surface area contributed by atoms with Gasteiger partial charge in [-0.05, 0) is 34.1 Å². The van der Waals surface area contributed by atoms with Crippen LogP contribution in [0.15, 0.2) is 18.7 Å². The lowest BCUT2D eigenvalue weighted by atomic mass is 10.5. The van der Waals surface area contributed by atoms with Gasteiger partial charge in [0, 0.05) is 25.9 Å². The summed E-state index contributed by atoms with van der Waals surface area (Å²) in [6.07, 6.45) is 7.19. The molecule has 0 aliphatic rings. The molecule has 25 heavy (non-hydrogen) atoms. The summed E-state index contributed by atoms with van der Waals surface area (Å²) in [5.41, 5.74) is 0. The molecular weight excluding hydrogens is 340 g/mol. The normalized spacial score (nSPS) is 10.4. The van der Waals surface area contributed by atoms with Crippen molar-refractivity contribution in [3.63, 3.8) is 0 Å². The molecule has 8 heteroatoms. The minimum atomic E-state index is -2.46. The molecule has 0 atom stereocenters. The molecule has 0 amide bonds. The fourth-order valence-corrected chi connectivity index (χ4v) is 4.81. The van der Waals surface area contributed by atoms with Crippen LogP contribution in [-0.4, -0.2) is 39.2 Å². The van der Waals surface area contributed by atoms with Gasteiger partial charge in [-0.25, -0.2) is 9.13 Å². The summed E-state index contributed by atoms with van der Waals surface area (Å²) < 4.78 is 21.7. The smallest absolute Gasteiger partial charge is 0.501 e. The molecule has 0 aliphatic heterocycles. The van der Waals surface area contributed by atoms with E-state index >= 15 is 0 Å². The predicted molar refractivity (Wildman–Crippen MR) is 94.1 cm³/mol. The second kappa shape index (κ2) is 13.6. The van der Waals surface area contributed by atoms with E-state index in [1.807, 2.05) is 38.6 Å². The standard InChI is InChI=1S/C13H27N2O3Si.C4H4O2/c1-5-16-19(17-6-2,18-7-3)12-8-9-15-11-10-14(4)13-15;1-2-3-4(5)6/h10-11,13H,5-9,12H2,1-4H3;1H3,(H,5,6)/q+1;/p-1. The van der Waals surface area contributed by atoms with Gasteiger partial charge in [0.1, 0.15) is 18.4 Å². The topological polar surface area (TPSA) is 76.6 Å². The molecule has 0 spiro atoms. The molecule has 0 radical (unpaired) electrons. The minimum Gasteiger partial charge on any atom is -0.537 e. The van der Waals surface area contributed by atoms with Gasteiger partial charge >= 0.3 is 8.80 Å². The van der Waals surface area contributed by atoms with Crippen molar-refractivity contribution in [2.75, 3.05) is 19.8 Å².